The van der Waals surface area contributed by atoms with Gasteiger partial charge in [-0.25, -0.2) is 15.0 Å². The third kappa shape index (κ3) is 4.67. The molecular weight excluding hydrogens is 448 g/mol. The van der Waals surface area contributed by atoms with Gasteiger partial charge >= 0.3 is 0 Å². The van der Waals surface area contributed by atoms with Crippen LogP contribution in [0.3, 0.4) is 0 Å². The van der Waals surface area contributed by atoms with Crippen LogP contribution in [0.25, 0.3) is 16.6 Å². The molecule has 5 rings (SSSR count). The normalized spacial score (nSPS) is 11.1. The summed E-state index contributed by atoms with van der Waals surface area (Å²) >= 11 is 5.91. The maximum Gasteiger partial charge on any atom is 0.267 e. The van der Waals surface area contributed by atoms with Crippen molar-refractivity contribution in [2.24, 2.45) is 5.10 Å². The highest BCUT2D eigenvalue weighted by Crippen LogP contribution is 2.23. The summed E-state index contributed by atoms with van der Waals surface area (Å²) < 4.78 is 7.33. The molecule has 0 fully saturated rings. The molecule has 0 unspecified atom stereocenters. The zero-order chi connectivity index (χ0) is 23.3. The second-order valence-corrected chi connectivity index (χ2v) is 7.86. The van der Waals surface area contributed by atoms with Gasteiger partial charge in [-0.15, -0.1) is 0 Å². The van der Waals surface area contributed by atoms with E-state index in [1.54, 1.807) is 30.5 Å². The van der Waals surface area contributed by atoms with E-state index >= 15 is 0 Å². The highest BCUT2D eigenvalue weighted by atomic mass is 35.5. The molecular formula is C27H19ClN4O2. The Morgan fingerprint density at radius 1 is 0.824 bits per heavy atom. The van der Waals surface area contributed by atoms with Crippen LogP contribution < -0.4 is 15.7 Å². The van der Waals surface area contributed by atoms with Crippen molar-refractivity contribution in [1.29, 1.82) is 0 Å². The monoisotopic (exact) mass is 466 g/mol. The van der Waals surface area contributed by atoms with Crippen molar-refractivity contribution in [3.05, 3.63) is 124 Å². The molecule has 7 heteroatoms. The quantitative estimate of drug-likeness (QED) is 0.236. The van der Waals surface area contributed by atoms with E-state index in [-0.39, 0.29) is 5.56 Å². The number of fused-ring (bicyclic) bond motifs is 1. The van der Waals surface area contributed by atoms with E-state index in [0.717, 1.165) is 5.56 Å². The average Bonchev–Trinajstić information content (AvgIpc) is 2.87. The van der Waals surface area contributed by atoms with Crippen molar-refractivity contribution in [3.8, 4) is 17.2 Å². The van der Waals surface area contributed by atoms with Crippen LogP contribution in [-0.2, 0) is 0 Å². The molecule has 0 aliphatic rings. The molecule has 1 heterocycles. The first-order valence-corrected chi connectivity index (χ1v) is 10.9. The zero-order valence-corrected chi connectivity index (χ0v) is 18.7. The van der Waals surface area contributed by atoms with E-state index < -0.39 is 0 Å². The standard InChI is InChI=1S/C27H19ClN4O2/c28-20-12-16-23(17-13-20)34-22-14-10-19(11-15-22)18-29-31-27-30-25-9-5-4-8-24(25)26(33)32(27)21-6-2-1-3-7-21/h1-18H,(H,30,31)/b29-18+. The molecule has 1 aromatic heterocycles. The predicted octanol–water partition coefficient (Wildman–Crippen LogP) is 6.28. The van der Waals surface area contributed by atoms with Gasteiger partial charge in [0.1, 0.15) is 11.5 Å². The summed E-state index contributed by atoms with van der Waals surface area (Å²) in [4.78, 5) is 17.8. The van der Waals surface area contributed by atoms with Gasteiger partial charge in [-0.2, -0.15) is 5.10 Å². The maximum atomic E-state index is 13.2. The van der Waals surface area contributed by atoms with E-state index in [2.05, 4.69) is 15.5 Å². The minimum absolute atomic E-state index is 0.168. The van der Waals surface area contributed by atoms with Crippen LogP contribution in [0.4, 0.5) is 5.95 Å². The second-order valence-electron chi connectivity index (χ2n) is 7.42. The number of hydrogen-bond acceptors (Lipinski definition) is 5. The lowest BCUT2D eigenvalue weighted by atomic mass is 10.2. The number of ether oxygens (including phenoxy) is 1. The highest BCUT2D eigenvalue weighted by molar-refractivity contribution is 6.30. The fourth-order valence-electron chi connectivity index (χ4n) is 3.45. The number of para-hydroxylation sites is 2. The van der Waals surface area contributed by atoms with Gasteiger partial charge in [0, 0.05) is 5.02 Å². The molecule has 166 valence electrons. The van der Waals surface area contributed by atoms with Crippen LogP contribution in [0.1, 0.15) is 5.56 Å². The maximum absolute atomic E-state index is 13.2. The van der Waals surface area contributed by atoms with Crippen LogP contribution in [0, 0.1) is 0 Å². The van der Waals surface area contributed by atoms with Crippen LogP contribution in [0.15, 0.2) is 113 Å². The molecule has 0 spiro atoms. The Kier molecular flexibility index (Phi) is 6.05. The molecule has 0 aliphatic heterocycles. The van der Waals surface area contributed by atoms with Crippen molar-refractivity contribution in [3.63, 3.8) is 0 Å². The topological polar surface area (TPSA) is 68.5 Å². The van der Waals surface area contributed by atoms with Gasteiger partial charge in [0.15, 0.2) is 0 Å². The first-order chi connectivity index (χ1) is 16.7. The first kappa shape index (κ1) is 21.4. The summed E-state index contributed by atoms with van der Waals surface area (Å²) in [6.07, 6.45) is 1.66. The number of aromatic nitrogens is 2. The Morgan fingerprint density at radius 3 is 2.21 bits per heavy atom. The van der Waals surface area contributed by atoms with Crippen LogP contribution >= 0.6 is 11.6 Å². The van der Waals surface area contributed by atoms with Crippen molar-refractivity contribution in [2.75, 3.05) is 5.43 Å². The number of hydrogen-bond donors (Lipinski definition) is 1. The SMILES string of the molecule is O=c1c2ccccc2nc(N/N=C/c2ccc(Oc3ccc(Cl)cc3)cc2)n1-c1ccccc1. The van der Waals surface area contributed by atoms with Crippen molar-refractivity contribution in [2.45, 2.75) is 0 Å². The van der Waals surface area contributed by atoms with E-state index in [0.29, 0.717) is 39.1 Å². The molecule has 6 nitrogen and oxygen atoms in total. The molecule has 4 aromatic carbocycles. The minimum Gasteiger partial charge on any atom is -0.457 e. The Morgan fingerprint density at radius 2 is 1.47 bits per heavy atom. The van der Waals surface area contributed by atoms with Gasteiger partial charge in [0.05, 0.1) is 22.8 Å². The van der Waals surface area contributed by atoms with Gasteiger partial charge in [-0.3, -0.25) is 4.79 Å². The third-order valence-corrected chi connectivity index (χ3v) is 5.35. The third-order valence-electron chi connectivity index (χ3n) is 5.10. The Hall–Kier alpha value is -4.42. The molecule has 0 amide bonds. The van der Waals surface area contributed by atoms with Gasteiger partial charge in [0.25, 0.3) is 5.56 Å². The van der Waals surface area contributed by atoms with E-state index in [9.17, 15) is 4.79 Å². The molecule has 0 bridgehead atoms. The fourth-order valence-corrected chi connectivity index (χ4v) is 3.58. The summed E-state index contributed by atoms with van der Waals surface area (Å²) in [7, 11) is 0. The van der Waals surface area contributed by atoms with E-state index in [4.69, 9.17) is 16.3 Å². The van der Waals surface area contributed by atoms with Gasteiger partial charge in [-0.05, 0) is 78.4 Å². The molecule has 34 heavy (non-hydrogen) atoms. The van der Waals surface area contributed by atoms with Gasteiger partial charge in [0.2, 0.25) is 5.95 Å². The van der Waals surface area contributed by atoms with Gasteiger partial charge in [-0.1, -0.05) is 41.9 Å². The molecule has 0 saturated heterocycles. The average molecular weight is 467 g/mol. The Labute approximate surface area is 200 Å². The van der Waals surface area contributed by atoms with E-state index in [1.807, 2.05) is 78.9 Å². The number of rotatable bonds is 6. The molecule has 0 radical (unpaired) electrons. The second kappa shape index (κ2) is 9.60. The number of benzene rings is 4. The molecule has 0 saturated carbocycles. The molecule has 0 atom stereocenters. The zero-order valence-electron chi connectivity index (χ0n) is 17.9. The van der Waals surface area contributed by atoms with Crippen LogP contribution in [-0.4, -0.2) is 15.8 Å². The summed E-state index contributed by atoms with van der Waals surface area (Å²) in [6.45, 7) is 0. The molecule has 5 aromatic rings. The smallest absolute Gasteiger partial charge is 0.267 e. The summed E-state index contributed by atoms with van der Waals surface area (Å²) in [6, 6.07) is 31.2. The summed E-state index contributed by atoms with van der Waals surface area (Å²) in [5.41, 5.74) is 4.91. The fraction of sp³-hybridized carbons (Fsp3) is 0. The number of nitrogens with one attached hydrogen (secondary N) is 1. The minimum atomic E-state index is -0.168. The first-order valence-electron chi connectivity index (χ1n) is 10.6. The number of hydrazone groups is 1. The number of anilines is 1. The largest absolute Gasteiger partial charge is 0.457 e. The molecule has 1 N–H and O–H groups in total. The lowest BCUT2D eigenvalue weighted by Crippen LogP contribution is -2.22. The Balaban J connectivity index is 1.39. The Bertz CT molecular complexity index is 1510. The van der Waals surface area contributed by atoms with Gasteiger partial charge < -0.3 is 4.74 Å². The van der Waals surface area contributed by atoms with Crippen LogP contribution in [0.5, 0.6) is 11.5 Å². The number of halogens is 1. The highest BCUT2D eigenvalue weighted by Gasteiger charge is 2.12. The van der Waals surface area contributed by atoms with Crippen molar-refractivity contribution < 1.29 is 4.74 Å². The predicted molar refractivity (Wildman–Crippen MR) is 137 cm³/mol. The van der Waals surface area contributed by atoms with Crippen molar-refractivity contribution >= 4 is 34.7 Å². The summed E-state index contributed by atoms with van der Waals surface area (Å²) in [5, 5.41) is 5.51. The van der Waals surface area contributed by atoms with Crippen molar-refractivity contribution in [1.82, 2.24) is 9.55 Å². The van der Waals surface area contributed by atoms with Crippen LogP contribution in [0.2, 0.25) is 5.02 Å². The summed E-state index contributed by atoms with van der Waals surface area (Å²) in [5.74, 6) is 1.73. The lowest BCUT2D eigenvalue weighted by molar-refractivity contribution is 0.482. The number of nitrogens with zero attached hydrogens (tertiary/aromatic N) is 3. The molecule has 0 aliphatic carbocycles. The van der Waals surface area contributed by atoms with E-state index in [1.165, 1.54) is 4.57 Å². The lowest BCUT2D eigenvalue weighted by Gasteiger charge is -2.12.